The first-order valence-corrected chi connectivity index (χ1v) is 5.32. The molecular weight excluding hydrogens is 236 g/mol. The van der Waals surface area contributed by atoms with Crippen molar-refractivity contribution in [2.45, 2.75) is 6.54 Å². The smallest absolute Gasteiger partial charge is 0.275 e. The minimum absolute atomic E-state index is 0.236. The van der Waals surface area contributed by atoms with Crippen molar-refractivity contribution in [3.63, 3.8) is 0 Å². The number of hydrogen-bond acceptors (Lipinski definition) is 5. The summed E-state index contributed by atoms with van der Waals surface area (Å²) in [6.07, 6.45) is 4.65. The van der Waals surface area contributed by atoms with Crippen molar-refractivity contribution in [2.24, 2.45) is 0 Å². The second-order valence-electron chi connectivity index (χ2n) is 3.64. The zero-order chi connectivity index (χ0) is 13.0. The van der Waals surface area contributed by atoms with Gasteiger partial charge in [-0.05, 0) is 0 Å². The predicted molar refractivity (Wildman–Crippen MR) is 65.1 cm³/mol. The lowest BCUT2D eigenvalue weighted by atomic mass is 10.3. The lowest BCUT2D eigenvalue weighted by Gasteiger charge is -2.01. The van der Waals surface area contributed by atoms with Crippen LogP contribution < -0.4 is 11.1 Å². The first-order valence-electron chi connectivity index (χ1n) is 5.32. The highest BCUT2D eigenvalue weighted by Crippen LogP contribution is 2.10. The Morgan fingerprint density at radius 2 is 2.44 bits per heavy atom. The molecular formula is C10H14N6O2. The summed E-state index contributed by atoms with van der Waals surface area (Å²) in [6, 6.07) is 0. The van der Waals surface area contributed by atoms with Gasteiger partial charge >= 0.3 is 0 Å². The highest BCUT2D eigenvalue weighted by atomic mass is 16.5. The Morgan fingerprint density at radius 1 is 1.61 bits per heavy atom. The van der Waals surface area contributed by atoms with Gasteiger partial charge in [-0.25, -0.2) is 0 Å². The maximum Gasteiger partial charge on any atom is 0.275 e. The molecule has 0 bridgehead atoms. The lowest BCUT2D eigenvalue weighted by Crippen LogP contribution is -2.13. The Kier molecular flexibility index (Phi) is 3.58. The maximum absolute atomic E-state index is 11.8. The topological polar surface area (TPSA) is 111 Å². The van der Waals surface area contributed by atoms with E-state index in [2.05, 4.69) is 20.6 Å². The van der Waals surface area contributed by atoms with Gasteiger partial charge in [0.1, 0.15) is 5.69 Å². The number of nitrogens with one attached hydrogen (secondary N) is 2. The minimum atomic E-state index is -0.351. The average molecular weight is 250 g/mol. The van der Waals surface area contributed by atoms with Crippen molar-refractivity contribution in [1.82, 2.24) is 20.0 Å². The van der Waals surface area contributed by atoms with Crippen molar-refractivity contribution in [1.29, 1.82) is 0 Å². The number of H-pyrrole nitrogens is 1. The molecule has 4 N–H and O–H groups in total. The van der Waals surface area contributed by atoms with Crippen molar-refractivity contribution < 1.29 is 9.53 Å². The van der Waals surface area contributed by atoms with Gasteiger partial charge in [-0.15, -0.1) is 0 Å². The van der Waals surface area contributed by atoms with Gasteiger partial charge in [-0.1, -0.05) is 0 Å². The van der Waals surface area contributed by atoms with Gasteiger partial charge in [0.05, 0.1) is 36.9 Å². The SMILES string of the molecule is COCCn1cc(NC(=O)c2[nH]ncc2N)cn1. The molecule has 8 nitrogen and oxygen atoms in total. The highest BCUT2D eigenvalue weighted by Gasteiger charge is 2.12. The van der Waals surface area contributed by atoms with Gasteiger partial charge < -0.3 is 15.8 Å². The highest BCUT2D eigenvalue weighted by molar-refractivity contribution is 6.05. The summed E-state index contributed by atoms with van der Waals surface area (Å²) < 4.78 is 6.61. The quantitative estimate of drug-likeness (QED) is 0.696. The number of methoxy groups -OCH3 is 1. The van der Waals surface area contributed by atoms with Crippen molar-refractivity contribution >= 4 is 17.3 Å². The number of ether oxygens (including phenoxy) is 1. The molecule has 2 heterocycles. The van der Waals surface area contributed by atoms with Crippen molar-refractivity contribution in [3.8, 4) is 0 Å². The summed E-state index contributed by atoms with van der Waals surface area (Å²) in [7, 11) is 1.62. The fourth-order valence-corrected chi connectivity index (χ4v) is 1.41. The summed E-state index contributed by atoms with van der Waals surface area (Å²) >= 11 is 0. The molecule has 0 aliphatic rings. The Bertz CT molecular complexity index is 532. The van der Waals surface area contributed by atoms with Crippen LogP contribution >= 0.6 is 0 Å². The Morgan fingerprint density at radius 3 is 3.11 bits per heavy atom. The van der Waals surface area contributed by atoms with Crippen LogP contribution in [-0.4, -0.2) is 39.6 Å². The van der Waals surface area contributed by atoms with Gasteiger partial charge in [0.15, 0.2) is 0 Å². The third-order valence-corrected chi connectivity index (χ3v) is 2.31. The van der Waals surface area contributed by atoms with Gasteiger partial charge in [0.25, 0.3) is 5.91 Å². The van der Waals surface area contributed by atoms with E-state index in [1.54, 1.807) is 24.2 Å². The third-order valence-electron chi connectivity index (χ3n) is 2.31. The minimum Gasteiger partial charge on any atom is -0.396 e. The van der Waals surface area contributed by atoms with Crippen molar-refractivity contribution in [3.05, 3.63) is 24.3 Å². The van der Waals surface area contributed by atoms with Crippen LogP contribution in [-0.2, 0) is 11.3 Å². The normalized spacial score (nSPS) is 10.5. The Hall–Kier alpha value is -2.35. The van der Waals surface area contributed by atoms with E-state index in [1.807, 2.05) is 0 Å². The van der Waals surface area contributed by atoms with E-state index in [9.17, 15) is 4.79 Å². The molecule has 0 saturated heterocycles. The van der Waals surface area contributed by atoms with Crippen LogP contribution in [0.3, 0.4) is 0 Å². The van der Waals surface area contributed by atoms with Gasteiger partial charge in [-0.2, -0.15) is 10.2 Å². The molecule has 0 spiro atoms. The molecule has 96 valence electrons. The molecule has 1 amide bonds. The summed E-state index contributed by atoms with van der Waals surface area (Å²) in [5, 5.41) is 13.0. The molecule has 2 rings (SSSR count). The van der Waals surface area contributed by atoms with E-state index < -0.39 is 0 Å². The third kappa shape index (κ3) is 2.66. The van der Waals surface area contributed by atoms with Gasteiger partial charge in [0.2, 0.25) is 0 Å². The molecule has 0 saturated carbocycles. The van der Waals surface area contributed by atoms with E-state index >= 15 is 0 Å². The second-order valence-corrected chi connectivity index (χ2v) is 3.64. The molecule has 0 radical (unpaired) electrons. The molecule has 0 aliphatic carbocycles. The van der Waals surface area contributed by atoms with Crippen LogP contribution in [0.5, 0.6) is 0 Å². The molecule has 18 heavy (non-hydrogen) atoms. The first-order chi connectivity index (χ1) is 8.70. The molecule has 0 unspecified atom stereocenters. The summed E-state index contributed by atoms with van der Waals surface area (Å²) in [5.41, 5.74) is 6.70. The van der Waals surface area contributed by atoms with Crippen LogP contribution in [0.4, 0.5) is 11.4 Å². The van der Waals surface area contributed by atoms with Gasteiger partial charge in [-0.3, -0.25) is 14.6 Å². The van der Waals surface area contributed by atoms with Gasteiger partial charge in [0, 0.05) is 13.3 Å². The number of nitrogens with zero attached hydrogens (tertiary/aromatic N) is 3. The number of nitrogen functional groups attached to an aromatic ring is 1. The number of rotatable bonds is 5. The zero-order valence-corrected chi connectivity index (χ0v) is 9.88. The molecule has 2 aromatic rings. The van der Waals surface area contributed by atoms with Crippen LogP contribution in [0.2, 0.25) is 0 Å². The summed E-state index contributed by atoms with van der Waals surface area (Å²) in [4.78, 5) is 11.8. The first kappa shape index (κ1) is 12.1. The number of nitrogens with two attached hydrogens (primary N) is 1. The van der Waals surface area contributed by atoms with E-state index in [0.29, 0.717) is 24.5 Å². The monoisotopic (exact) mass is 250 g/mol. The summed E-state index contributed by atoms with van der Waals surface area (Å²) in [5.74, 6) is -0.351. The summed E-state index contributed by atoms with van der Waals surface area (Å²) in [6.45, 7) is 1.18. The zero-order valence-electron chi connectivity index (χ0n) is 9.88. The Balaban J connectivity index is 1.99. The molecule has 0 atom stereocenters. The largest absolute Gasteiger partial charge is 0.396 e. The number of carbonyl (C=O) groups is 1. The van der Waals surface area contributed by atoms with Crippen LogP contribution in [0, 0.1) is 0 Å². The van der Waals surface area contributed by atoms with E-state index in [-0.39, 0.29) is 11.6 Å². The fraction of sp³-hybridized carbons (Fsp3) is 0.300. The standard InChI is InChI=1S/C10H14N6O2/c1-18-3-2-16-6-7(4-13-16)14-10(17)9-8(11)5-12-15-9/h4-6H,2-3,11H2,1H3,(H,12,15)(H,14,17). The lowest BCUT2D eigenvalue weighted by molar-refractivity contribution is 0.102. The molecule has 8 heteroatoms. The number of anilines is 2. The number of aromatic nitrogens is 4. The number of amides is 1. The predicted octanol–water partition coefficient (Wildman–Crippen LogP) is 0.0871. The molecule has 0 aromatic carbocycles. The van der Waals surface area contributed by atoms with E-state index in [4.69, 9.17) is 10.5 Å². The number of aromatic amines is 1. The Labute approximate surface area is 103 Å². The molecule has 2 aromatic heterocycles. The van der Waals surface area contributed by atoms with Crippen LogP contribution in [0.1, 0.15) is 10.5 Å². The number of carbonyl (C=O) groups excluding carboxylic acids is 1. The fourth-order valence-electron chi connectivity index (χ4n) is 1.41. The number of hydrogen-bond donors (Lipinski definition) is 3. The van der Waals surface area contributed by atoms with E-state index in [1.165, 1.54) is 6.20 Å². The van der Waals surface area contributed by atoms with E-state index in [0.717, 1.165) is 0 Å². The van der Waals surface area contributed by atoms with Crippen LogP contribution in [0.15, 0.2) is 18.6 Å². The maximum atomic E-state index is 11.8. The average Bonchev–Trinajstić information content (AvgIpc) is 2.95. The van der Waals surface area contributed by atoms with Crippen LogP contribution in [0.25, 0.3) is 0 Å². The molecule has 0 fully saturated rings. The molecule has 0 aliphatic heterocycles. The van der Waals surface area contributed by atoms with Crippen molar-refractivity contribution in [2.75, 3.05) is 24.8 Å². The second kappa shape index (κ2) is 5.32.